The van der Waals surface area contributed by atoms with E-state index in [0.717, 1.165) is 5.01 Å². The van der Waals surface area contributed by atoms with Crippen LogP contribution in [0.1, 0.15) is 11.9 Å². The Hall–Kier alpha value is -0.500. The summed E-state index contributed by atoms with van der Waals surface area (Å²) in [6.45, 7) is 5.56. The smallest absolute Gasteiger partial charge is 0.254 e. The van der Waals surface area contributed by atoms with E-state index < -0.39 is 10.0 Å². The fourth-order valence-electron chi connectivity index (χ4n) is 1.70. The molecule has 90 valence electrons. The number of hydrogen-bond donors (Lipinski definition) is 1. The molecule has 1 aromatic rings. The second kappa shape index (κ2) is 4.40. The third-order valence-corrected chi connectivity index (χ3v) is 5.74. The van der Waals surface area contributed by atoms with Gasteiger partial charge >= 0.3 is 0 Å². The molecule has 0 aromatic carbocycles. The van der Waals surface area contributed by atoms with Gasteiger partial charge in [0.15, 0.2) is 4.21 Å². The van der Waals surface area contributed by atoms with E-state index in [9.17, 15) is 8.42 Å². The average Bonchev–Trinajstić information content (AvgIpc) is 2.65. The van der Waals surface area contributed by atoms with Gasteiger partial charge in [-0.05, 0) is 13.8 Å². The van der Waals surface area contributed by atoms with Crippen molar-refractivity contribution in [3.05, 3.63) is 11.2 Å². The van der Waals surface area contributed by atoms with Crippen LogP contribution in [0.5, 0.6) is 0 Å². The summed E-state index contributed by atoms with van der Waals surface area (Å²) in [6.07, 6.45) is 1.45. The molecule has 16 heavy (non-hydrogen) atoms. The minimum Gasteiger partial charge on any atom is -0.312 e. The molecule has 0 unspecified atom stereocenters. The zero-order valence-corrected chi connectivity index (χ0v) is 10.9. The van der Waals surface area contributed by atoms with Gasteiger partial charge in [0.2, 0.25) is 0 Å². The monoisotopic (exact) mass is 261 g/mol. The van der Waals surface area contributed by atoms with Crippen LogP contribution in [-0.4, -0.2) is 43.4 Å². The predicted octanol–water partition coefficient (Wildman–Crippen LogP) is 0.434. The van der Waals surface area contributed by atoms with Gasteiger partial charge in [-0.25, -0.2) is 13.4 Å². The summed E-state index contributed by atoms with van der Waals surface area (Å²) in [4.78, 5) is 3.99. The van der Waals surface area contributed by atoms with E-state index in [0.29, 0.717) is 23.8 Å². The highest BCUT2D eigenvalue weighted by atomic mass is 32.2. The molecular formula is C9H15N3O2S2. The lowest BCUT2D eigenvalue weighted by Gasteiger charge is -2.30. The first kappa shape index (κ1) is 12.0. The van der Waals surface area contributed by atoms with Crippen LogP contribution in [0.2, 0.25) is 0 Å². The second-order valence-corrected chi connectivity index (χ2v) is 7.32. The Morgan fingerprint density at radius 1 is 1.62 bits per heavy atom. The first-order valence-electron chi connectivity index (χ1n) is 5.16. The molecule has 0 bridgehead atoms. The Labute approximate surface area is 99.5 Å². The molecule has 1 aromatic heterocycles. The quantitative estimate of drug-likeness (QED) is 0.839. The van der Waals surface area contributed by atoms with E-state index in [-0.39, 0.29) is 6.04 Å². The van der Waals surface area contributed by atoms with Crippen molar-refractivity contribution in [1.82, 2.24) is 14.6 Å². The number of aryl methyl sites for hydroxylation is 1. The maximum atomic E-state index is 12.2. The molecule has 2 heterocycles. The fraction of sp³-hybridized carbons (Fsp3) is 0.667. The predicted molar refractivity (Wildman–Crippen MR) is 63.1 cm³/mol. The number of rotatable bonds is 2. The number of thiazole rings is 1. The zero-order valence-electron chi connectivity index (χ0n) is 9.30. The van der Waals surface area contributed by atoms with Crippen LogP contribution in [0.4, 0.5) is 0 Å². The molecule has 0 amide bonds. The molecule has 2 rings (SSSR count). The Kier molecular flexibility index (Phi) is 3.29. The Bertz CT molecular complexity index is 469. The van der Waals surface area contributed by atoms with Gasteiger partial charge in [0.05, 0.1) is 11.2 Å². The topological polar surface area (TPSA) is 62.3 Å². The summed E-state index contributed by atoms with van der Waals surface area (Å²) in [5.74, 6) is 0. The number of hydrogen-bond acceptors (Lipinski definition) is 5. The minimum atomic E-state index is -3.32. The lowest BCUT2D eigenvalue weighted by atomic mass is 10.3. The molecule has 0 saturated carbocycles. The molecule has 1 N–H and O–H groups in total. The van der Waals surface area contributed by atoms with Crippen molar-refractivity contribution in [3.63, 3.8) is 0 Å². The van der Waals surface area contributed by atoms with Gasteiger partial charge < -0.3 is 5.32 Å². The van der Waals surface area contributed by atoms with E-state index >= 15 is 0 Å². The molecule has 1 aliphatic heterocycles. The normalized spacial score (nSPS) is 23.5. The van der Waals surface area contributed by atoms with Gasteiger partial charge in [0.25, 0.3) is 10.0 Å². The summed E-state index contributed by atoms with van der Waals surface area (Å²) in [6, 6.07) is 0.206. The number of nitrogens with zero attached hydrogens (tertiary/aromatic N) is 2. The standard InChI is InChI=1S/C9H15N3O2S2/c1-7-6-12(4-3-10-7)16(13,14)9-5-11-8(2)15-9/h5,7,10H,3-4,6H2,1-2H3/t7-/m0/s1. The average molecular weight is 261 g/mol. The minimum absolute atomic E-state index is 0.206. The van der Waals surface area contributed by atoms with Crippen molar-refractivity contribution in [1.29, 1.82) is 0 Å². The van der Waals surface area contributed by atoms with Crippen molar-refractivity contribution in [2.45, 2.75) is 24.1 Å². The number of nitrogens with one attached hydrogen (secondary N) is 1. The van der Waals surface area contributed by atoms with E-state index in [2.05, 4.69) is 10.3 Å². The maximum absolute atomic E-state index is 12.2. The van der Waals surface area contributed by atoms with Gasteiger partial charge in [-0.3, -0.25) is 0 Å². The molecule has 7 heteroatoms. The van der Waals surface area contributed by atoms with Crippen LogP contribution in [0.15, 0.2) is 10.4 Å². The third-order valence-electron chi connectivity index (χ3n) is 2.53. The largest absolute Gasteiger partial charge is 0.312 e. The lowest BCUT2D eigenvalue weighted by Crippen LogP contribution is -2.51. The zero-order chi connectivity index (χ0) is 11.8. The number of sulfonamides is 1. The summed E-state index contributed by atoms with van der Waals surface area (Å²) >= 11 is 1.23. The Morgan fingerprint density at radius 3 is 2.94 bits per heavy atom. The molecule has 1 saturated heterocycles. The van der Waals surface area contributed by atoms with Crippen molar-refractivity contribution in [3.8, 4) is 0 Å². The molecule has 0 aliphatic carbocycles. The van der Waals surface area contributed by atoms with Gasteiger partial charge in [-0.1, -0.05) is 0 Å². The van der Waals surface area contributed by atoms with Crippen LogP contribution in [0.3, 0.4) is 0 Å². The van der Waals surface area contributed by atoms with E-state index in [1.165, 1.54) is 21.8 Å². The molecule has 1 atom stereocenters. The van der Waals surface area contributed by atoms with Crippen LogP contribution < -0.4 is 5.32 Å². The van der Waals surface area contributed by atoms with E-state index in [1.807, 2.05) is 13.8 Å². The lowest BCUT2D eigenvalue weighted by molar-refractivity contribution is 0.310. The van der Waals surface area contributed by atoms with Crippen molar-refractivity contribution >= 4 is 21.4 Å². The Morgan fingerprint density at radius 2 is 2.38 bits per heavy atom. The van der Waals surface area contributed by atoms with Gasteiger partial charge in [-0.15, -0.1) is 11.3 Å². The van der Waals surface area contributed by atoms with E-state index in [4.69, 9.17) is 0 Å². The molecule has 0 radical (unpaired) electrons. The number of piperazine rings is 1. The summed E-state index contributed by atoms with van der Waals surface area (Å²) in [5.41, 5.74) is 0. The molecule has 1 fully saturated rings. The summed E-state index contributed by atoms with van der Waals surface area (Å²) in [7, 11) is -3.32. The van der Waals surface area contributed by atoms with Gasteiger partial charge in [0, 0.05) is 25.7 Å². The second-order valence-electron chi connectivity index (χ2n) is 3.92. The first-order valence-corrected chi connectivity index (χ1v) is 7.42. The highest BCUT2D eigenvalue weighted by molar-refractivity contribution is 7.91. The highest BCUT2D eigenvalue weighted by Crippen LogP contribution is 2.22. The third kappa shape index (κ3) is 2.27. The Balaban J connectivity index is 2.25. The van der Waals surface area contributed by atoms with Crippen molar-refractivity contribution in [2.24, 2.45) is 0 Å². The molecule has 5 nitrogen and oxygen atoms in total. The van der Waals surface area contributed by atoms with E-state index in [1.54, 1.807) is 0 Å². The van der Waals surface area contributed by atoms with Crippen LogP contribution in [0, 0.1) is 6.92 Å². The SMILES string of the molecule is Cc1ncc(S(=O)(=O)N2CCN[C@@H](C)C2)s1. The maximum Gasteiger partial charge on any atom is 0.254 e. The molecular weight excluding hydrogens is 246 g/mol. The molecule has 0 spiro atoms. The van der Waals surface area contributed by atoms with Crippen molar-refractivity contribution < 1.29 is 8.42 Å². The van der Waals surface area contributed by atoms with Crippen LogP contribution in [0.25, 0.3) is 0 Å². The van der Waals surface area contributed by atoms with Crippen LogP contribution >= 0.6 is 11.3 Å². The van der Waals surface area contributed by atoms with Crippen LogP contribution in [-0.2, 0) is 10.0 Å². The summed E-state index contributed by atoms with van der Waals surface area (Å²) in [5, 5.41) is 4.00. The van der Waals surface area contributed by atoms with Gasteiger partial charge in [0.1, 0.15) is 0 Å². The van der Waals surface area contributed by atoms with Gasteiger partial charge in [-0.2, -0.15) is 4.31 Å². The summed E-state index contributed by atoms with van der Waals surface area (Å²) < 4.78 is 26.3. The fourth-order valence-corrected chi connectivity index (χ4v) is 4.50. The number of aromatic nitrogens is 1. The first-order chi connectivity index (χ1) is 7.50. The molecule has 1 aliphatic rings. The highest BCUT2D eigenvalue weighted by Gasteiger charge is 2.29. The van der Waals surface area contributed by atoms with Crippen molar-refractivity contribution in [2.75, 3.05) is 19.6 Å².